The van der Waals surface area contributed by atoms with Gasteiger partial charge in [-0.2, -0.15) is 0 Å². The fourth-order valence-corrected chi connectivity index (χ4v) is 3.26. The van der Waals surface area contributed by atoms with Crippen molar-refractivity contribution in [2.75, 3.05) is 31.6 Å². The Morgan fingerprint density at radius 2 is 1.17 bits per heavy atom. The maximum atomic E-state index is 13.0. The highest BCUT2D eigenvalue weighted by atomic mass is 19.1. The Hall–Kier alpha value is -4.40. The van der Waals surface area contributed by atoms with E-state index in [1.54, 1.807) is 42.5 Å². The molecule has 8 nitrogen and oxygen atoms in total. The maximum Gasteiger partial charge on any atom is 0.255 e. The number of halogens is 1. The van der Waals surface area contributed by atoms with E-state index in [-0.39, 0.29) is 30.8 Å². The number of hydrogen-bond donors (Lipinski definition) is 3. The summed E-state index contributed by atoms with van der Waals surface area (Å²) in [5.74, 6) is -0.353. The number of hydrogen-bond acceptors (Lipinski definition) is 5. The third kappa shape index (κ3) is 7.30. The lowest BCUT2D eigenvalue weighted by molar-refractivity contribution is 0.0927. The van der Waals surface area contributed by atoms with Gasteiger partial charge in [-0.05, 0) is 80.6 Å². The minimum Gasteiger partial charge on any atom is -0.490 e. The Kier molecular flexibility index (Phi) is 9.39. The average molecular weight is 494 g/mol. The van der Waals surface area contributed by atoms with Crippen LogP contribution in [0.1, 0.15) is 44.9 Å². The highest BCUT2D eigenvalue weighted by molar-refractivity contribution is 6.04. The molecule has 36 heavy (non-hydrogen) atoms. The van der Waals surface area contributed by atoms with E-state index in [2.05, 4.69) is 16.0 Å². The van der Waals surface area contributed by atoms with E-state index in [1.807, 2.05) is 13.8 Å². The van der Waals surface area contributed by atoms with Crippen molar-refractivity contribution in [3.05, 3.63) is 89.2 Å². The lowest BCUT2D eigenvalue weighted by Crippen LogP contribution is -2.34. The predicted octanol–water partition coefficient (Wildman–Crippen LogP) is 4.04. The normalized spacial score (nSPS) is 10.3. The van der Waals surface area contributed by atoms with Gasteiger partial charge in [0.15, 0.2) is 11.5 Å². The first-order chi connectivity index (χ1) is 17.4. The second-order valence-electron chi connectivity index (χ2n) is 7.58. The smallest absolute Gasteiger partial charge is 0.255 e. The predicted molar refractivity (Wildman–Crippen MR) is 134 cm³/mol. The van der Waals surface area contributed by atoms with Crippen LogP contribution in [0.3, 0.4) is 0 Å². The molecule has 0 saturated carbocycles. The van der Waals surface area contributed by atoms with Crippen LogP contribution in [-0.2, 0) is 0 Å². The number of rotatable bonds is 11. The van der Waals surface area contributed by atoms with Crippen molar-refractivity contribution >= 4 is 23.4 Å². The first-order valence-corrected chi connectivity index (χ1v) is 11.5. The van der Waals surface area contributed by atoms with E-state index in [0.717, 1.165) is 0 Å². The van der Waals surface area contributed by atoms with Gasteiger partial charge in [0.25, 0.3) is 17.7 Å². The van der Waals surface area contributed by atoms with Crippen LogP contribution >= 0.6 is 0 Å². The molecule has 0 fully saturated rings. The van der Waals surface area contributed by atoms with Crippen LogP contribution in [0, 0.1) is 5.82 Å². The third-order valence-corrected chi connectivity index (χ3v) is 5.01. The fraction of sp³-hybridized carbons (Fsp3) is 0.222. The minimum absolute atomic E-state index is 0.225. The van der Waals surface area contributed by atoms with Crippen LogP contribution in [0.25, 0.3) is 0 Å². The SMILES string of the molecule is CCOc1ccc(C(=O)NCCNC(=O)c2ccc(NC(=O)c3ccc(F)cc3)cc2)cc1OCC. The first kappa shape index (κ1) is 26.2. The average Bonchev–Trinajstić information content (AvgIpc) is 2.88. The van der Waals surface area contributed by atoms with Crippen LogP contribution in [0.4, 0.5) is 10.1 Å². The molecule has 0 atom stereocenters. The van der Waals surface area contributed by atoms with Crippen molar-refractivity contribution in [3.63, 3.8) is 0 Å². The zero-order valence-electron chi connectivity index (χ0n) is 20.1. The maximum absolute atomic E-state index is 13.0. The van der Waals surface area contributed by atoms with Crippen molar-refractivity contribution in [2.45, 2.75) is 13.8 Å². The number of carbonyl (C=O) groups is 3. The summed E-state index contributed by atoms with van der Waals surface area (Å²) >= 11 is 0. The summed E-state index contributed by atoms with van der Waals surface area (Å²) in [7, 11) is 0. The van der Waals surface area contributed by atoms with Gasteiger partial charge in [0.1, 0.15) is 5.82 Å². The summed E-state index contributed by atoms with van der Waals surface area (Å²) in [6.45, 7) is 5.10. The van der Waals surface area contributed by atoms with Crippen LogP contribution in [0.5, 0.6) is 11.5 Å². The van der Waals surface area contributed by atoms with Gasteiger partial charge in [-0.1, -0.05) is 0 Å². The molecule has 0 aliphatic rings. The number of amides is 3. The molecule has 3 aromatic carbocycles. The van der Waals surface area contributed by atoms with E-state index >= 15 is 0 Å². The Bertz CT molecular complexity index is 1200. The van der Waals surface area contributed by atoms with E-state index in [1.165, 1.54) is 24.3 Å². The molecular formula is C27H28FN3O5. The molecule has 9 heteroatoms. The number of ether oxygens (including phenoxy) is 2. The summed E-state index contributed by atoms with van der Waals surface area (Å²) < 4.78 is 24.1. The topological polar surface area (TPSA) is 106 Å². The number of benzene rings is 3. The zero-order chi connectivity index (χ0) is 25.9. The summed E-state index contributed by atoms with van der Waals surface area (Å²) in [6.07, 6.45) is 0. The van der Waals surface area contributed by atoms with Gasteiger partial charge >= 0.3 is 0 Å². The molecule has 0 aliphatic carbocycles. The molecule has 0 saturated heterocycles. The number of carbonyl (C=O) groups excluding carboxylic acids is 3. The zero-order valence-corrected chi connectivity index (χ0v) is 20.1. The van der Waals surface area contributed by atoms with Gasteiger partial charge in [0, 0.05) is 35.5 Å². The highest BCUT2D eigenvalue weighted by Crippen LogP contribution is 2.28. The Balaban J connectivity index is 1.46. The molecule has 3 aromatic rings. The monoisotopic (exact) mass is 493 g/mol. The number of nitrogens with one attached hydrogen (secondary N) is 3. The molecule has 0 bridgehead atoms. The van der Waals surface area contributed by atoms with Crippen LogP contribution in [0.2, 0.25) is 0 Å². The van der Waals surface area contributed by atoms with Gasteiger partial charge in [-0.25, -0.2) is 4.39 Å². The van der Waals surface area contributed by atoms with Crippen molar-refractivity contribution in [2.24, 2.45) is 0 Å². The van der Waals surface area contributed by atoms with Gasteiger partial charge in [0.05, 0.1) is 13.2 Å². The van der Waals surface area contributed by atoms with Gasteiger partial charge in [0.2, 0.25) is 0 Å². The standard InChI is InChI=1S/C27H28FN3O5/c1-3-35-23-14-9-20(17-24(23)36-4-2)26(33)30-16-15-29-25(32)18-7-12-22(13-8-18)31-27(34)19-5-10-21(28)11-6-19/h5-14,17H,3-4,15-16H2,1-2H3,(H,29,32)(H,30,33)(H,31,34). The van der Waals surface area contributed by atoms with Crippen molar-refractivity contribution in [1.29, 1.82) is 0 Å². The Morgan fingerprint density at radius 1 is 0.667 bits per heavy atom. The van der Waals surface area contributed by atoms with Crippen molar-refractivity contribution in [3.8, 4) is 11.5 Å². The highest BCUT2D eigenvalue weighted by Gasteiger charge is 2.12. The molecule has 0 radical (unpaired) electrons. The van der Waals surface area contributed by atoms with Gasteiger partial charge < -0.3 is 25.4 Å². The molecule has 0 aliphatic heterocycles. The third-order valence-electron chi connectivity index (χ3n) is 5.01. The van der Waals surface area contributed by atoms with E-state index in [0.29, 0.717) is 47.1 Å². The molecule has 3 amide bonds. The van der Waals surface area contributed by atoms with E-state index in [4.69, 9.17) is 9.47 Å². The molecule has 3 rings (SSSR count). The summed E-state index contributed by atoms with van der Waals surface area (Å²) in [4.78, 5) is 37.1. The molecule has 0 unspecified atom stereocenters. The Morgan fingerprint density at radius 3 is 1.78 bits per heavy atom. The van der Waals surface area contributed by atoms with Crippen LogP contribution in [-0.4, -0.2) is 44.0 Å². The Labute approximate surface area is 208 Å². The molecule has 0 aromatic heterocycles. The summed E-state index contributed by atoms with van der Waals surface area (Å²) in [5.41, 5.74) is 1.63. The van der Waals surface area contributed by atoms with Gasteiger partial charge in [-0.3, -0.25) is 14.4 Å². The first-order valence-electron chi connectivity index (χ1n) is 11.5. The molecule has 188 valence electrons. The van der Waals surface area contributed by atoms with E-state index < -0.39 is 5.82 Å². The lowest BCUT2D eigenvalue weighted by atomic mass is 10.1. The lowest BCUT2D eigenvalue weighted by Gasteiger charge is -2.12. The second-order valence-corrected chi connectivity index (χ2v) is 7.58. The van der Waals surface area contributed by atoms with Crippen molar-refractivity contribution in [1.82, 2.24) is 10.6 Å². The van der Waals surface area contributed by atoms with Crippen LogP contribution in [0.15, 0.2) is 66.7 Å². The summed E-state index contributed by atoms with van der Waals surface area (Å²) in [6, 6.07) is 16.5. The quantitative estimate of drug-likeness (QED) is 0.350. The van der Waals surface area contributed by atoms with E-state index in [9.17, 15) is 18.8 Å². The molecule has 0 spiro atoms. The minimum atomic E-state index is -0.423. The number of anilines is 1. The molecule has 0 heterocycles. The summed E-state index contributed by atoms with van der Waals surface area (Å²) in [5, 5.41) is 8.18. The van der Waals surface area contributed by atoms with Crippen molar-refractivity contribution < 1.29 is 28.2 Å². The van der Waals surface area contributed by atoms with Gasteiger partial charge in [-0.15, -0.1) is 0 Å². The molecule has 3 N–H and O–H groups in total. The fourth-order valence-electron chi connectivity index (χ4n) is 3.26. The molecular weight excluding hydrogens is 465 g/mol. The largest absolute Gasteiger partial charge is 0.490 e. The second kappa shape index (κ2) is 12.9. The van der Waals surface area contributed by atoms with Crippen LogP contribution < -0.4 is 25.4 Å².